The topological polar surface area (TPSA) is 64.6 Å². The minimum atomic E-state index is -0.421. The molecule has 0 aromatic heterocycles. The Hall–Kier alpha value is -3.25. The fraction of sp³-hybridized carbons (Fsp3) is 0.167. The summed E-state index contributed by atoms with van der Waals surface area (Å²) in [5, 5.41) is 1.61. The van der Waals surface area contributed by atoms with Crippen LogP contribution in [0, 0.1) is 0 Å². The number of carbonyl (C=O) groups excluding carboxylic acids is 2. The molecule has 1 atom stereocenters. The van der Waals surface area contributed by atoms with E-state index in [9.17, 15) is 9.59 Å². The number of carbonyl (C=O) groups is 2. The van der Waals surface area contributed by atoms with Crippen LogP contribution in [0.15, 0.2) is 78.9 Å². The molecule has 0 saturated carbocycles. The molecule has 6 heteroatoms. The predicted molar refractivity (Wildman–Crippen MR) is 117 cm³/mol. The summed E-state index contributed by atoms with van der Waals surface area (Å²) in [6, 6.07) is 25.5. The molecule has 4 rings (SSSR count). The second-order valence-corrected chi connectivity index (χ2v) is 8.09. The van der Waals surface area contributed by atoms with Gasteiger partial charge in [0.15, 0.2) is 11.5 Å². The maximum absolute atomic E-state index is 11.9. The Morgan fingerprint density at radius 3 is 1.90 bits per heavy atom. The van der Waals surface area contributed by atoms with E-state index in [1.54, 1.807) is 0 Å². The van der Waals surface area contributed by atoms with E-state index in [2.05, 4.69) is 5.32 Å². The molecule has 1 N–H and O–H groups in total. The molecule has 152 valence electrons. The van der Waals surface area contributed by atoms with Crippen LogP contribution in [0.1, 0.15) is 16.7 Å². The zero-order valence-electron chi connectivity index (χ0n) is 16.2. The van der Waals surface area contributed by atoms with E-state index < -0.39 is 5.25 Å². The maximum Gasteiger partial charge on any atom is 0.286 e. The lowest BCUT2D eigenvalue weighted by Crippen LogP contribution is -2.25. The van der Waals surface area contributed by atoms with Gasteiger partial charge in [-0.1, -0.05) is 78.5 Å². The Labute approximate surface area is 179 Å². The van der Waals surface area contributed by atoms with Gasteiger partial charge in [-0.15, -0.1) is 0 Å². The first kappa shape index (κ1) is 20.0. The number of ether oxygens (including phenoxy) is 2. The fourth-order valence-corrected chi connectivity index (χ4v) is 3.98. The Morgan fingerprint density at radius 2 is 1.33 bits per heavy atom. The lowest BCUT2D eigenvalue weighted by atomic mass is 10.1. The number of thioether (sulfide) groups is 1. The van der Waals surface area contributed by atoms with Gasteiger partial charge in [0.25, 0.3) is 5.24 Å². The molecular weight excluding hydrogens is 398 g/mol. The zero-order chi connectivity index (χ0) is 20.8. The highest BCUT2D eigenvalue weighted by Crippen LogP contribution is 2.32. The number of hydrogen-bond donors (Lipinski definition) is 1. The van der Waals surface area contributed by atoms with E-state index in [1.807, 2.05) is 78.9 Å². The average molecular weight is 420 g/mol. The highest BCUT2D eigenvalue weighted by Gasteiger charge is 2.31. The zero-order valence-corrected chi connectivity index (χ0v) is 17.1. The summed E-state index contributed by atoms with van der Waals surface area (Å²) < 4.78 is 12.1. The van der Waals surface area contributed by atoms with Gasteiger partial charge in [-0.2, -0.15) is 0 Å². The van der Waals surface area contributed by atoms with Gasteiger partial charge in [0.1, 0.15) is 13.2 Å². The molecule has 1 unspecified atom stereocenters. The number of imide groups is 1. The summed E-state index contributed by atoms with van der Waals surface area (Å²) in [5.74, 6) is 1.00. The van der Waals surface area contributed by atoms with Gasteiger partial charge in [-0.05, 0) is 35.2 Å². The highest BCUT2D eigenvalue weighted by molar-refractivity contribution is 8.15. The van der Waals surface area contributed by atoms with Gasteiger partial charge in [-0.3, -0.25) is 14.9 Å². The minimum absolute atomic E-state index is 0.249. The summed E-state index contributed by atoms with van der Waals surface area (Å²) in [5.41, 5.74) is 3.02. The highest BCUT2D eigenvalue weighted by atomic mass is 32.2. The quantitative estimate of drug-likeness (QED) is 0.571. The maximum atomic E-state index is 11.9. The second kappa shape index (κ2) is 9.50. The molecule has 1 aliphatic heterocycles. The largest absolute Gasteiger partial charge is 0.485 e. The molecule has 1 heterocycles. The normalized spacial score (nSPS) is 15.7. The number of benzene rings is 3. The summed E-state index contributed by atoms with van der Waals surface area (Å²) in [6.45, 7) is 0.834. The van der Waals surface area contributed by atoms with Crippen LogP contribution in [0.2, 0.25) is 0 Å². The van der Waals surface area contributed by atoms with Crippen molar-refractivity contribution in [3.05, 3.63) is 95.6 Å². The van der Waals surface area contributed by atoms with Gasteiger partial charge in [0.05, 0.1) is 5.25 Å². The standard InChI is InChI=1S/C24H21NO4S/c26-23-22(30-24(27)25-23)14-19-11-12-20(28-15-17-7-3-1-4-8-17)21(13-19)29-16-18-9-5-2-6-10-18/h1-13,22H,14-16H2,(H,25,26,27). The first-order valence-electron chi connectivity index (χ1n) is 9.65. The van der Waals surface area contributed by atoms with Gasteiger partial charge in [0, 0.05) is 0 Å². The van der Waals surface area contributed by atoms with Crippen LogP contribution in [0.5, 0.6) is 11.5 Å². The summed E-state index contributed by atoms with van der Waals surface area (Å²) in [7, 11) is 0. The molecule has 1 saturated heterocycles. The van der Waals surface area contributed by atoms with Crippen molar-refractivity contribution in [1.82, 2.24) is 5.32 Å². The molecule has 3 aromatic carbocycles. The van der Waals surface area contributed by atoms with Crippen molar-refractivity contribution in [2.24, 2.45) is 0 Å². The van der Waals surface area contributed by atoms with Gasteiger partial charge >= 0.3 is 0 Å². The first-order valence-corrected chi connectivity index (χ1v) is 10.5. The monoisotopic (exact) mass is 419 g/mol. The van der Waals surface area contributed by atoms with Crippen molar-refractivity contribution in [2.45, 2.75) is 24.9 Å². The third-order valence-corrected chi connectivity index (χ3v) is 5.65. The Balaban J connectivity index is 1.51. The van der Waals surface area contributed by atoms with Crippen LogP contribution in [0.4, 0.5) is 4.79 Å². The van der Waals surface area contributed by atoms with Gasteiger partial charge < -0.3 is 9.47 Å². The smallest absolute Gasteiger partial charge is 0.286 e. The minimum Gasteiger partial charge on any atom is -0.485 e. The molecule has 0 spiro atoms. The number of nitrogens with one attached hydrogen (secondary N) is 1. The Bertz CT molecular complexity index is 1020. The SMILES string of the molecule is O=C1NC(=O)C(Cc2ccc(OCc3ccccc3)c(OCc3ccccc3)c2)S1. The Morgan fingerprint density at radius 1 is 0.733 bits per heavy atom. The molecule has 30 heavy (non-hydrogen) atoms. The molecule has 5 nitrogen and oxygen atoms in total. The number of hydrogen-bond acceptors (Lipinski definition) is 5. The van der Waals surface area contributed by atoms with E-state index in [0.717, 1.165) is 28.5 Å². The van der Waals surface area contributed by atoms with Crippen LogP contribution in [-0.2, 0) is 24.4 Å². The lowest BCUT2D eigenvalue weighted by molar-refractivity contribution is -0.118. The van der Waals surface area contributed by atoms with Crippen LogP contribution in [0.25, 0.3) is 0 Å². The summed E-state index contributed by atoms with van der Waals surface area (Å²) in [4.78, 5) is 23.3. The number of rotatable bonds is 8. The molecule has 3 aromatic rings. The van der Waals surface area contributed by atoms with Gasteiger partial charge in [-0.25, -0.2) is 0 Å². The molecule has 0 aliphatic carbocycles. The van der Waals surface area contributed by atoms with E-state index in [0.29, 0.717) is 31.1 Å². The van der Waals surface area contributed by atoms with Crippen molar-refractivity contribution in [3.8, 4) is 11.5 Å². The van der Waals surface area contributed by atoms with Crippen LogP contribution in [-0.4, -0.2) is 16.4 Å². The van der Waals surface area contributed by atoms with Crippen LogP contribution in [0.3, 0.4) is 0 Å². The lowest BCUT2D eigenvalue weighted by Gasteiger charge is -2.15. The van der Waals surface area contributed by atoms with Crippen molar-refractivity contribution < 1.29 is 19.1 Å². The van der Waals surface area contributed by atoms with E-state index in [-0.39, 0.29) is 11.1 Å². The van der Waals surface area contributed by atoms with E-state index in [1.165, 1.54) is 0 Å². The number of amides is 2. The molecule has 0 radical (unpaired) electrons. The fourth-order valence-electron chi connectivity index (χ4n) is 3.12. The summed E-state index contributed by atoms with van der Waals surface area (Å²) in [6.07, 6.45) is 0.447. The third kappa shape index (κ3) is 5.21. The molecule has 1 fully saturated rings. The predicted octanol–water partition coefficient (Wildman–Crippen LogP) is 4.74. The molecule has 2 amide bonds. The van der Waals surface area contributed by atoms with Crippen molar-refractivity contribution >= 4 is 22.9 Å². The van der Waals surface area contributed by atoms with Crippen molar-refractivity contribution in [2.75, 3.05) is 0 Å². The van der Waals surface area contributed by atoms with Crippen molar-refractivity contribution in [3.63, 3.8) is 0 Å². The van der Waals surface area contributed by atoms with Gasteiger partial charge in [0.2, 0.25) is 5.91 Å². The summed E-state index contributed by atoms with van der Waals surface area (Å²) >= 11 is 1.02. The van der Waals surface area contributed by atoms with Crippen molar-refractivity contribution in [1.29, 1.82) is 0 Å². The second-order valence-electron chi connectivity index (χ2n) is 6.92. The molecule has 0 bridgehead atoms. The van der Waals surface area contributed by atoms with Crippen LogP contribution >= 0.6 is 11.8 Å². The molecular formula is C24H21NO4S. The van der Waals surface area contributed by atoms with E-state index >= 15 is 0 Å². The Kier molecular flexibility index (Phi) is 6.35. The third-order valence-electron chi connectivity index (χ3n) is 4.67. The first-order chi connectivity index (χ1) is 14.7. The van der Waals surface area contributed by atoms with E-state index in [4.69, 9.17) is 9.47 Å². The average Bonchev–Trinajstić information content (AvgIpc) is 3.09. The molecule has 1 aliphatic rings. The van der Waals surface area contributed by atoms with Crippen LogP contribution < -0.4 is 14.8 Å².